The van der Waals surface area contributed by atoms with E-state index in [9.17, 15) is 19.2 Å². The summed E-state index contributed by atoms with van der Waals surface area (Å²) in [5, 5.41) is 6.38. The van der Waals surface area contributed by atoms with E-state index in [4.69, 9.17) is 21.3 Å². The van der Waals surface area contributed by atoms with Crippen molar-refractivity contribution >= 4 is 41.6 Å². The Morgan fingerprint density at radius 1 is 0.806 bits per heavy atom. The van der Waals surface area contributed by atoms with Crippen LogP contribution in [0.5, 0.6) is 5.75 Å². The van der Waals surface area contributed by atoms with Crippen molar-refractivity contribution in [3.8, 4) is 28.1 Å². The highest BCUT2D eigenvalue weighted by Gasteiger charge is 2.39. The van der Waals surface area contributed by atoms with E-state index in [1.165, 1.54) is 5.56 Å². The summed E-state index contributed by atoms with van der Waals surface area (Å²) in [6.45, 7) is 8.70. The van der Waals surface area contributed by atoms with Crippen LogP contribution in [-0.2, 0) is 20.9 Å². The number of piperidine rings is 4. The first-order chi connectivity index (χ1) is 30.2. The molecule has 1 aromatic heterocycles. The fraction of sp³-hybridized carbons (Fsp3) is 0.458. The van der Waals surface area contributed by atoms with Crippen molar-refractivity contribution in [2.24, 2.45) is 5.92 Å². The van der Waals surface area contributed by atoms with Gasteiger partial charge in [0.1, 0.15) is 24.2 Å². The highest BCUT2D eigenvalue weighted by Crippen LogP contribution is 2.33. The molecule has 14 heteroatoms. The van der Waals surface area contributed by atoms with Crippen molar-refractivity contribution in [2.45, 2.75) is 76.1 Å². The number of hydrogen-bond donors (Lipinski definition) is 2. The third-order valence-electron chi connectivity index (χ3n) is 12.9. The molecule has 1 atom stereocenters. The van der Waals surface area contributed by atoms with Gasteiger partial charge < -0.3 is 34.4 Å². The molecular formula is C48H57ClN8O5. The SMILES string of the molecule is CN1CCC(Nc2ncc(Cl)c(-c3cccc(-c4ccccc4)c3)n2)CC1.O=CC1CCN(CCN2CCC(Oc3ccc4c(c3)CN(C3CCC(=O)NC3=O)C4=O)CC2)CC1. The molecule has 1 unspecified atom stereocenters. The van der Waals surface area contributed by atoms with Gasteiger partial charge in [-0.15, -0.1) is 0 Å². The standard InChI is InChI=1S/C26H34N4O5.C22H23ClN4/c31-17-18-5-9-28(10-6-18)13-14-29-11-7-20(8-12-29)35-21-1-2-22-19(15-21)16-30(26(22)34)23-3-4-24(32)27-25(23)33;1-27-12-10-19(11-13-27)25-22-24-15-20(23)21(26-22)18-9-5-8-17(14-18)16-6-3-2-4-7-16/h1-2,15,17-18,20,23H,3-14,16H2,(H,27,32,33);2-9,14-15,19H,10-13H2,1H3,(H,24,25,26). The second kappa shape index (κ2) is 20.3. The van der Waals surface area contributed by atoms with Gasteiger partial charge in [-0.05, 0) is 119 Å². The van der Waals surface area contributed by atoms with Crippen LogP contribution < -0.4 is 15.4 Å². The van der Waals surface area contributed by atoms with Gasteiger partial charge in [-0.1, -0.05) is 60.1 Å². The van der Waals surface area contributed by atoms with E-state index in [0.29, 0.717) is 35.5 Å². The van der Waals surface area contributed by atoms with Gasteiger partial charge in [0.05, 0.1) is 16.9 Å². The Morgan fingerprint density at radius 2 is 1.50 bits per heavy atom. The molecule has 4 fully saturated rings. The van der Waals surface area contributed by atoms with E-state index >= 15 is 0 Å². The van der Waals surface area contributed by atoms with Crippen LogP contribution >= 0.6 is 11.6 Å². The van der Waals surface area contributed by atoms with Crippen molar-refractivity contribution < 1.29 is 23.9 Å². The van der Waals surface area contributed by atoms with Crippen LogP contribution in [0.25, 0.3) is 22.4 Å². The van der Waals surface area contributed by atoms with Gasteiger partial charge in [0.2, 0.25) is 17.8 Å². The molecule has 13 nitrogen and oxygen atoms in total. The van der Waals surface area contributed by atoms with Crippen LogP contribution in [0.15, 0.2) is 79.0 Å². The van der Waals surface area contributed by atoms with Gasteiger partial charge in [0.15, 0.2) is 0 Å². The highest BCUT2D eigenvalue weighted by molar-refractivity contribution is 6.33. The van der Waals surface area contributed by atoms with Gasteiger partial charge in [0, 0.05) is 62.2 Å². The highest BCUT2D eigenvalue weighted by atomic mass is 35.5. The van der Waals surface area contributed by atoms with Gasteiger partial charge in [0.25, 0.3) is 5.91 Å². The molecule has 9 rings (SSSR count). The summed E-state index contributed by atoms with van der Waals surface area (Å²) >= 11 is 6.43. The number of carbonyl (C=O) groups is 4. The summed E-state index contributed by atoms with van der Waals surface area (Å²) in [5.41, 5.74) is 5.55. The van der Waals surface area contributed by atoms with Crippen LogP contribution in [0.2, 0.25) is 5.02 Å². The first-order valence-electron chi connectivity index (χ1n) is 22.2. The number of likely N-dealkylation sites (tertiary alicyclic amines) is 3. The number of amides is 3. The number of anilines is 1. The Bertz CT molecular complexity index is 2200. The number of benzene rings is 3. The minimum absolute atomic E-state index is 0.149. The predicted octanol–water partition coefficient (Wildman–Crippen LogP) is 6.17. The van der Waals surface area contributed by atoms with Gasteiger partial charge in [-0.25, -0.2) is 9.97 Å². The summed E-state index contributed by atoms with van der Waals surface area (Å²) in [4.78, 5) is 65.5. The Balaban J connectivity index is 0.000000176. The number of hydrogen-bond acceptors (Lipinski definition) is 11. The number of halogens is 1. The van der Waals surface area contributed by atoms with E-state index in [1.807, 2.05) is 42.5 Å². The zero-order valence-electron chi connectivity index (χ0n) is 35.5. The van der Waals surface area contributed by atoms with Crippen LogP contribution in [-0.4, -0.2) is 131 Å². The lowest BCUT2D eigenvalue weighted by atomic mass is 9.99. The predicted molar refractivity (Wildman–Crippen MR) is 240 cm³/mol. The summed E-state index contributed by atoms with van der Waals surface area (Å²) in [6.07, 6.45) is 9.65. The van der Waals surface area contributed by atoms with Crippen molar-refractivity contribution in [1.82, 2.24) is 34.9 Å². The van der Waals surface area contributed by atoms with Crippen LogP contribution in [0.4, 0.5) is 5.95 Å². The van der Waals surface area contributed by atoms with E-state index in [-0.39, 0.29) is 30.3 Å². The van der Waals surface area contributed by atoms with Crippen molar-refractivity contribution in [1.29, 1.82) is 0 Å². The van der Waals surface area contributed by atoms with Crippen LogP contribution in [0.1, 0.15) is 67.3 Å². The number of rotatable bonds is 11. The first kappa shape index (κ1) is 43.4. The van der Waals surface area contributed by atoms with Crippen molar-refractivity contribution in [3.05, 3.63) is 95.1 Å². The maximum atomic E-state index is 12.9. The second-order valence-corrected chi connectivity index (χ2v) is 17.7. The summed E-state index contributed by atoms with van der Waals surface area (Å²) in [6, 6.07) is 24.0. The molecule has 2 N–H and O–H groups in total. The zero-order valence-corrected chi connectivity index (χ0v) is 36.3. The average Bonchev–Trinajstić information content (AvgIpc) is 3.62. The molecule has 0 saturated carbocycles. The van der Waals surface area contributed by atoms with Crippen LogP contribution in [0, 0.1) is 5.92 Å². The lowest BCUT2D eigenvalue weighted by Gasteiger charge is -2.35. The number of nitrogens with one attached hydrogen (secondary N) is 2. The van der Waals surface area contributed by atoms with E-state index < -0.39 is 11.9 Å². The number of nitrogens with zero attached hydrogens (tertiary/aromatic N) is 6. The van der Waals surface area contributed by atoms with Gasteiger partial charge >= 0.3 is 0 Å². The molecule has 4 aromatic rings. The number of aromatic nitrogens is 2. The summed E-state index contributed by atoms with van der Waals surface area (Å²) in [5.74, 6) is 0.821. The Hall–Kier alpha value is -5.21. The lowest BCUT2D eigenvalue weighted by molar-refractivity contribution is -0.137. The average molecular weight is 861 g/mol. The Labute approximate surface area is 369 Å². The van der Waals surface area contributed by atoms with Gasteiger partial charge in [-0.3, -0.25) is 19.7 Å². The molecular weight excluding hydrogens is 804 g/mol. The zero-order chi connectivity index (χ0) is 43.0. The smallest absolute Gasteiger partial charge is 0.255 e. The summed E-state index contributed by atoms with van der Waals surface area (Å²) in [7, 11) is 2.16. The minimum atomic E-state index is -0.599. The molecule has 3 amide bonds. The molecule has 6 heterocycles. The van der Waals surface area contributed by atoms with E-state index in [1.54, 1.807) is 17.2 Å². The number of aldehydes is 1. The topological polar surface area (TPSA) is 140 Å². The normalized spacial score (nSPS) is 20.9. The maximum absolute atomic E-state index is 12.9. The minimum Gasteiger partial charge on any atom is -0.490 e. The van der Waals surface area contributed by atoms with E-state index in [2.05, 4.69) is 61.6 Å². The third kappa shape index (κ3) is 10.9. The van der Waals surface area contributed by atoms with Crippen LogP contribution in [0.3, 0.4) is 0 Å². The Kier molecular flexibility index (Phi) is 14.2. The molecule has 0 radical (unpaired) electrons. The number of carbonyl (C=O) groups excluding carboxylic acids is 4. The number of ether oxygens (including phenoxy) is 1. The maximum Gasteiger partial charge on any atom is 0.255 e. The molecule has 3 aromatic carbocycles. The fourth-order valence-electron chi connectivity index (χ4n) is 9.11. The number of fused-ring (bicyclic) bond motifs is 1. The number of imide groups is 1. The third-order valence-corrected chi connectivity index (χ3v) is 13.2. The molecule has 62 heavy (non-hydrogen) atoms. The Morgan fingerprint density at radius 3 is 2.21 bits per heavy atom. The lowest BCUT2D eigenvalue weighted by Crippen LogP contribution is -2.52. The molecule has 5 aliphatic rings. The molecule has 0 aliphatic carbocycles. The molecule has 4 saturated heterocycles. The van der Waals surface area contributed by atoms with Gasteiger partial charge in [-0.2, -0.15) is 0 Å². The molecule has 5 aliphatic heterocycles. The second-order valence-electron chi connectivity index (χ2n) is 17.3. The molecule has 0 spiro atoms. The van der Waals surface area contributed by atoms with Crippen molar-refractivity contribution in [3.63, 3.8) is 0 Å². The molecule has 326 valence electrons. The monoisotopic (exact) mass is 860 g/mol. The summed E-state index contributed by atoms with van der Waals surface area (Å²) < 4.78 is 6.27. The molecule has 0 bridgehead atoms. The fourth-order valence-corrected chi connectivity index (χ4v) is 9.31. The largest absolute Gasteiger partial charge is 0.490 e. The van der Waals surface area contributed by atoms with E-state index in [0.717, 1.165) is 125 Å². The first-order valence-corrected chi connectivity index (χ1v) is 22.5. The quantitative estimate of drug-likeness (QED) is 0.132. The van der Waals surface area contributed by atoms with Crippen molar-refractivity contribution in [2.75, 3.05) is 64.7 Å².